The van der Waals surface area contributed by atoms with Crippen molar-refractivity contribution in [1.29, 1.82) is 0 Å². The first-order valence-electron chi connectivity index (χ1n) is 8.79. The fraction of sp³-hybridized carbons (Fsp3) is 0.579. The van der Waals surface area contributed by atoms with Crippen LogP contribution in [0, 0.1) is 11.8 Å². The third-order valence-electron chi connectivity index (χ3n) is 5.33. The van der Waals surface area contributed by atoms with Crippen molar-refractivity contribution in [3.63, 3.8) is 0 Å². The SMILES string of the molecule is COc1ccc(C(=O)N/N=C2/CC[C@@H]3CCCC[C@@H]3C2)cc1OC. The lowest BCUT2D eigenvalue weighted by Gasteiger charge is -2.35. The fourth-order valence-corrected chi connectivity index (χ4v) is 3.96. The molecule has 5 heteroatoms. The highest BCUT2D eigenvalue weighted by Gasteiger charge is 2.30. The third-order valence-corrected chi connectivity index (χ3v) is 5.33. The van der Waals surface area contributed by atoms with Gasteiger partial charge in [0, 0.05) is 11.3 Å². The molecule has 1 aromatic carbocycles. The van der Waals surface area contributed by atoms with Crippen LogP contribution in [0.15, 0.2) is 23.3 Å². The lowest BCUT2D eigenvalue weighted by Crippen LogP contribution is -2.29. The topological polar surface area (TPSA) is 59.9 Å². The summed E-state index contributed by atoms with van der Waals surface area (Å²) in [6.07, 6.45) is 8.67. The van der Waals surface area contributed by atoms with Gasteiger partial charge < -0.3 is 9.47 Å². The molecule has 2 atom stereocenters. The molecule has 0 spiro atoms. The van der Waals surface area contributed by atoms with Gasteiger partial charge in [-0.2, -0.15) is 5.10 Å². The smallest absolute Gasteiger partial charge is 0.271 e. The molecule has 0 unspecified atom stereocenters. The molecule has 0 bridgehead atoms. The fourth-order valence-electron chi connectivity index (χ4n) is 3.96. The normalized spacial score (nSPS) is 25.0. The second-order valence-electron chi connectivity index (χ2n) is 6.74. The van der Waals surface area contributed by atoms with Gasteiger partial charge in [-0.3, -0.25) is 4.79 Å². The van der Waals surface area contributed by atoms with Gasteiger partial charge >= 0.3 is 0 Å². The molecule has 2 fully saturated rings. The number of carbonyl (C=O) groups excluding carboxylic acids is 1. The molecule has 2 aliphatic rings. The van der Waals surface area contributed by atoms with E-state index >= 15 is 0 Å². The maximum atomic E-state index is 12.3. The van der Waals surface area contributed by atoms with E-state index in [1.165, 1.54) is 32.1 Å². The maximum Gasteiger partial charge on any atom is 0.271 e. The van der Waals surface area contributed by atoms with Crippen molar-refractivity contribution in [1.82, 2.24) is 5.43 Å². The van der Waals surface area contributed by atoms with E-state index in [2.05, 4.69) is 10.5 Å². The van der Waals surface area contributed by atoms with Gasteiger partial charge in [-0.1, -0.05) is 19.3 Å². The van der Waals surface area contributed by atoms with E-state index in [0.717, 1.165) is 30.4 Å². The van der Waals surface area contributed by atoms with Crippen molar-refractivity contribution >= 4 is 11.6 Å². The summed E-state index contributed by atoms with van der Waals surface area (Å²) in [5.74, 6) is 2.58. The third kappa shape index (κ3) is 3.71. The Labute approximate surface area is 143 Å². The van der Waals surface area contributed by atoms with Crippen LogP contribution in [0.4, 0.5) is 0 Å². The first kappa shape index (κ1) is 16.8. The van der Waals surface area contributed by atoms with Gasteiger partial charge in [0.05, 0.1) is 14.2 Å². The predicted octanol–water partition coefficient (Wildman–Crippen LogP) is 3.78. The van der Waals surface area contributed by atoms with Crippen LogP contribution in [0.1, 0.15) is 55.3 Å². The maximum absolute atomic E-state index is 12.3. The summed E-state index contributed by atoms with van der Waals surface area (Å²) in [5.41, 5.74) is 4.35. The Bertz CT molecular complexity index is 627. The Balaban J connectivity index is 1.62. The lowest BCUT2D eigenvalue weighted by atomic mass is 9.70. The molecular weight excluding hydrogens is 304 g/mol. The summed E-state index contributed by atoms with van der Waals surface area (Å²) in [7, 11) is 3.13. The van der Waals surface area contributed by atoms with Crippen molar-refractivity contribution in [3.05, 3.63) is 23.8 Å². The van der Waals surface area contributed by atoms with E-state index in [4.69, 9.17) is 9.47 Å². The number of hydrogen-bond acceptors (Lipinski definition) is 4. The monoisotopic (exact) mass is 330 g/mol. The summed E-state index contributed by atoms with van der Waals surface area (Å²) in [4.78, 5) is 12.3. The molecule has 130 valence electrons. The van der Waals surface area contributed by atoms with Gasteiger partial charge in [0.25, 0.3) is 5.91 Å². The Morgan fingerprint density at radius 3 is 2.58 bits per heavy atom. The number of fused-ring (bicyclic) bond motifs is 1. The van der Waals surface area contributed by atoms with E-state index in [-0.39, 0.29) is 5.91 Å². The van der Waals surface area contributed by atoms with Crippen LogP contribution < -0.4 is 14.9 Å². The van der Waals surface area contributed by atoms with Crippen LogP contribution in [-0.4, -0.2) is 25.8 Å². The molecule has 2 aliphatic carbocycles. The van der Waals surface area contributed by atoms with Crippen molar-refractivity contribution in [2.75, 3.05) is 14.2 Å². The number of ether oxygens (including phenoxy) is 2. The summed E-state index contributed by atoms with van der Waals surface area (Å²) in [6, 6.07) is 5.12. The molecular formula is C19H26N2O3. The molecule has 0 heterocycles. The van der Waals surface area contributed by atoms with E-state index in [1.807, 2.05) is 0 Å². The van der Waals surface area contributed by atoms with Crippen molar-refractivity contribution in [3.8, 4) is 11.5 Å². The van der Waals surface area contributed by atoms with E-state index < -0.39 is 0 Å². The Morgan fingerprint density at radius 1 is 1.08 bits per heavy atom. The largest absolute Gasteiger partial charge is 0.493 e. The number of amides is 1. The summed E-state index contributed by atoms with van der Waals surface area (Å²) in [5, 5.41) is 4.39. The zero-order chi connectivity index (χ0) is 16.9. The Hall–Kier alpha value is -2.04. The van der Waals surface area contributed by atoms with Gasteiger partial charge in [0.2, 0.25) is 0 Å². The van der Waals surface area contributed by atoms with Gasteiger partial charge in [-0.25, -0.2) is 5.43 Å². The van der Waals surface area contributed by atoms with Crippen molar-refractivity contribution < 1.29 is 14.3 Å². The van der Waals surface area contributed by atoms with E-state index in [1.54, 1.807) is 32.4 Å². The molecule has 0 aliphatic heterocycles. The average Bonchev–Trinajstić information content (AvgIpc) is 2.65. The molecule has 2 saturated carbocycles. The van der Waals surface area contributed by atoms with Crippen LogP contribution in [0.3, 0.4) is 0 Å². The number of nitrogens with zero attached hydrogens (tertiary/aromatic N) is 1. The zero-order valence-electron chi connectivity index (χ0n) is 14.5. The highest BCUT2D eigenvalue weighted by atomic mass is 16.5. The molecule has 0 radical (unpaired) electrons. The minimum absolute atomic E-state index is 0.214. The quantitative estimate of drug-likeness (QED) is 0.855. The molecule has 5 nitrogen and oxygen atoms in total. The van der Waals surface area contributed by atoms with Crippen molar-refractivity contribution in [2.45, 2.75) is 44.9 Å². The van der Waals surface area contributed by atoms with Crippen LogP contribution in [0.25, 0.3) is 0 Å². The van der Waals surface area contributed by atoms with Gasteiger partial charge in [-0.15, -0.1) is 0 Å². The second-order valence-corrected chi connectivity index (χ2v) is 6.74. The standard InChI is InChI=1S/C19H26N2O3/c1-23-17-10-8-15(12-18(17)24-2)19(22)21-20-16-9-7-13-5-3-4-6-14(13)11-16/h8,10,12-14H,3-7,9,11H2,1-2H3,(H,21,22)/b20-16-/t13-,14+/m0/s1. The number of carbonyl (C=O) groups is 1. The number of rotatable bonds is 4. The van der Waals surface area contributed by atoms with Crippen LogP contribution in [0.5, 0.6) is 11.5 Å². The highest BCUT2D eigenvalue weighted by molar-refractivity contribution is 5.96. The lowest BCUT2D eigenvalue weighted by molar-refractivity contribution is 0.0953. The summed E-state index contributed by atoms with van der Waals surface area (Å²) >= 11 is 0. The average molecular weight is 330 g/mol. The summed E-state index contributed by atoms with van der Waals surface area (Å²) < 4.78 is 10.4. The van der Waals surface area contributed by atoms with Crippen LogP contribution >= 0.6 is 0 Å². The number of methoxy groups -OCH3 is 2. The molecule has 0 aromatic heterocycles. The number of hydrogen-bond donors (Lipinski definition) is 1. The van der Waals surface area contributed by atoms with Gasteiger partial charge in [0.1, 0.15) is 0 Å². The highest BCUT2D eigenvalue weighted by Crippen LogP contribution is 2.39. The molecule has 1 amide bonds. The number of nitrogens with one attached hydrogen (secondary N) is 1. The minimum Gasteiger partial charge on any atom is -0.493 e. The molecule has 24 heavy (non-hydrogen) atoms. The van der Waals surface area contributed by atoms with Gasteiger partial charge in [-0.05, 0) is 55.7 Å². The van der Waals surface area contributed by atoms with Crippen molar-refractivity contribution in [2.24, 2.45) is 16.9 Å². The first-order valence-corrected chi connectivity index (χ1v) is 8.79. The Morgan fingerprint density at radius 2 is 1.83 bits per heavy atom. The molecule has 1 aromatic rings. The van der Waals surface area contributed by atoms with E-state index in [0.29, 0.717) is 17.1 Å². The van der Waals surface area contributed by atoms with E-state index in [9.17, 15) is 4.79 Å². The zero-order valence-corrected chi connectivity index (χ0v) is 14.5. The number of hydrazone groups is 1. The Kier molecular flexibility index (Phi) is 5.38. The predicted molar refractivity (Wildman–Crippen MR) is 93.7 cm³/mol. The first-order chi connectivity index (χ1) is 11.7. The van der Waals surface area contributed by atoms with Gasteiger partial charge in [0.15, 0.2) is 11.5 Å². The number of benzene rings is 1. The molecule has 3 rings (SSSR count). The second kappa shape index (κ2) is 7.69. The minimum atomic E-state index is -0.214. The van der Waals surface area contributed by atoms with Crippen LogP contribution in [0.2, 0.25) is 0 Å². The summed E-state index contributed by atoms with van der Waals surface area (Å²) in [6.45, 7) is 0. The van der Waals surface area contributed by atoms with Crippen LogP contribution in [-0.2, 0) is 0 Å². The molecule has 1 N–H and O–H groups in total. The molecule has 0 saturated heterocycles.